The Morgan fingerprint density at radius 1 is 0.324 bits per heavy atom. The fourth-order valence-electron chi connectivity index (χ4n) is 14.8. The van der Waals surface area contributed by atoms with E-state index in [1.165, 1.54) is 167 Å². The Hall–Kier alpha value is -12.9. The first-order valence-corrected chi connectivity index (χ1v) is 42.7. The SMILES string of the molecule is CC(=O)C=C(C)O.CC(=O)C=C(C)O.CC(=O)C=C(C)O.CC(=O)C=C(C)O.Cc1cc(-c2[c-]ccc3ccccc23)nc2ccccc12.Cc1cc2ccccc2nc1-c1[c-]cccc1.Cc1cc[c-]c(-c2ccc3ccc(C)cc3n2)c1.Cc1ccc2c(c1)c1ccc[c-]c1c1ncc(-c3c(C)cccc3C)n21.[Ir].[Ir].[Ir].[Ir].[Ir].[c-]1ccccc1-c1nc2ccccc2n1-c1ccccc1. The van der Waals surface area contributed by atoms with Crippen LogP contribution >= 0.6 is 0 Å². The van der Waals surface area contributed by atoms with E-state index in [4.69, 9.17) is 45.3 Å². The van der Waals surface area contributed by atoms with Crippen LogP contribution in [0.3, 0.4) is 0 Å². The number of aromatic nitrogens is 7. The Morgan fingerprint density at radius 3 is 1.42 bits per heavy atom. The van der Waals surface area contributed by atoms with Crippen LogP contribution in [0.2, 0.25) is 0 Å². The maximum atomic E-state index is 10.0. The van der Waals surface area contributed by atoms with Gasteiger partial charge in [-0.25, -0.2) is 0 Å². The maximum absolute atomic E-state index is 10.0. The molecule has 0 aliphatic carbocycles. The number of nitrogens with zero attached hydrogens (tertiary/aromatic N) is 7. The van der Waals surface area contributed by atoms with Gasteiger partial charge in [-0.05, 0) is 201 Å². The monoisotopic (exact) mass is 2690 g/mol. The molecule has 15 nitrogen and oxygen atoms in total. The second-order valence-electron chi connectivity index (χ2n) is 31.6. The second-order valence-corrected chi connectivity index (χ2v) is 31.6. The zero-order valence-electron chi connectivity index (χ0n) is 78.0. The van der Waals surface area contributed by atoms with Crippen molar-refractivity contribution in [2.75, 3.05) is 0 Å². The molecular formula is C116H104Ir5N7O8-5. The molecule has 19 rings (SSSR count). The number of carbonyl (C=O) groups is 4. The van der Waals surface area contributed by atoms with Gasteiger partial charge in [-0.2, -0.15) is 0 Å². The minimum atomic E-state index is -0.125. The van der Waals surface area contributed by atoms with Gasteiger partial charge < -0.3 is 29.4 Å². The molecule has 6 heterocycles. The predicted molar refractivity (Wildman–Crippen MR) is 537 cm³/mol. The second kappa shape index (κ2) is 54.6. The van der Waals surface area contributed by atoms with Gasteiger partial charge in [0.25, 0.3) is 0 Å². The van der Waals surface area contributed by atoms with E-state index >= 15 is 0 Å². The summed E-state index contributed by atoms with van der Waals surface area (Å²) in [7, 11) is 0. The Labute approximate surface area is 863 Å². The number of hydrogen-bond acceptors (Lipinski definition) is 13. The number of fused-ring (bicyclic) bond motifs is 11. The molecule has 0 bridgehead atoms. The average Bonchev–Trinajstić information content (AvgIpc) is 1.53. The van der Waals surface area contributed by atoms with Crippen LogP contribution in [0.1, 0.15) is 94.3 Å². The van der Waals surface area contributed by atoms with Gasteiger partial charge in [0.15, 0.2) is 23.1 Å². The molecule has 0 saturated heterocycles. The third-order valence-corrected chi connectivity index (χ3v) is 20.3. The summed E-state index contributed by atoms with van der Waals surface area (Å²) in [5, 5.41) is 43.0. The Bertz CT molecular complexity index is 7290. The van der Waals surface area contributed by atoms with Crippen molar-refractivity contribution in [3.05, 3.63) is 426 Å². The number of carbonyl (C=O) groups excluding carboxylic acids is 4. The van der Waals surface area contributed by atoms with E-state index in [2.05, 4.69) is 264 Å². The molecular weight excluding hydrogens is 2580 g/mol. The average molecular weight is 2690 g/mol. The first kappa shape index (κ1) is 112. The van der Waals surface area contributed by atoms with Gasteiger partial charge in [-0.1, -0.05) is 187 Å². The van der Waals surface area contributed by atoms with Crippen molar-refractivity contribution in [1.82, 2.24) is 33.9 Å². The third-order valence-electron chi connectivity index (χ3n) is 20.3. The zero-order valence-corrected chi connectivity index (χ0v) is 89.9. The van der Waals surface area contributed by atoms with Gasteiger partial charge >= 0.3 is 0 Å². The quantitative estimate of drug-likeness (QED) is 0.0433. The molecule has 0 unspecified atom stereocenters. The van der Waals surface area contributed by atoms with Crippen molar-refractivity contribution in [1.29, 1.82) is 0 Å². The largest absolute Gasteiger partial charge is 0.512 e. The summed E-state index contributed by atoms with van der Waals surface area (Å²) in [6, 6.07) is 120. The number of benzene rings is 13. The first-order chi connectivity index (χ1) is 63.0. The zero-order chi connectivity index (χ0) is 93.8. The van der Waals surface area contributed by atoms with Crippen LogP contribution in [-0.4, -0.2) is 77.4 Å². The van der Waals surface area contributed by atoms with Crippen molar-refractivity contribution in [3.8, 4) is 62.1 Å². The number of allylic oxidation sites excluding steroid dienone is 8. The summed E-state index contributed by atoms with van der Waals surface area (Å²) in [6.45, 7) is 26.3. The van der Waals surface area contributed by atoms with E-state index in [1.54, 1.807) is 0 Å². The Kier molecular flexibility index (Phi) is 44.9. The molecule has 20 heteroatoms. The van der Waals surface area contributed by atoms with Crippen LogP contribution in [0.25, 0.3) is 144 Å². The standard InChI is InChI=1S/C24H19N2.C20H14N.C19H13N2.C17H14N.C16H12N.4C5H8O2.5Ir/c1-15-11-12-21-20(13-15)18-9-4-5-10-19(18)24-25-14-22(26(21)24)23-16(2)7-6-8-17(23)3;1-14-13-20(21-19-12-5-4-9-16(14)19)18-11-6-8-15-7-2-3-10-17(15)18;1-3-9-15(10-4-1)19-20-17-13-7-8-14-18(17)21(19)16-11-5-2-6-12-16;1-12-4-3-5-15(10-12)16-9-8-14-7-6-13(2)11-17(14)18-16;1-12-11-14-9-5-6-10-15(14)17-16(12)13-7-3-2-4-8-13;4*1-4(6)3-5(2)7;;;;;/h4-9,11-14H,1-3H3;2-10,12-13H,1H3;1-9,11-14H;3-4,6-11H,1-2H3;2-7,9-11H,1H3;4*3,6H,1-2H3;;;;;/q5*-1;;;;;;;;;. The van der Waals surface area contributed by atoms with E-state index < -0.39 is 0 Å². The molecule has 0 spiro atoms. The van der Waals surface area contributed by atoms with Crippen molar-refractivity contribution in [2.45, 2.75) is 104 Å². The minimum Gasteiger partial charge on any atom is -0.512 e. The van der Waals surface area contributed by atoms with Crippen molar-refractivity contribution in [2.24, 2.45) is 0 Å². The first-order valence-electron chi connectivity index (χ1n) is 42.7. The van der Waals surface area contributed by atoms with Crippen LogP contribution in [0.5, 0.6) is 0 Å². The molecule has 0 aliphatic rings. The molecule has 19 aromatic rings. The van der Waals surface area contributed by atoms with Gasteiger partial charge in [-0.3, -0.25) is 44.1 Å². The summed E-state index contributed by atoms with van der Waals surface area (Å²) in [4.78, 5) is 63.9. The number of aliphatic hydroxyl groups excluding tert-OH is 4. The predicted octanol–water partition coefficient (Wildman–Crippen LogP) is 28.2. The number of rotatable bonds is 10. The fourth-order valence-corrected chi connectivity index (χ4v) is 14.8. The molecule has 0 saturated carbocycles. The normalized spacial score (nSPS) is 10.7. The molecule has 0 aliphatic heterocycles. The number of pyridine rings is 4. The molecule has 4 N–H and O–H groups in total. The number of aryl methyl sites for hydroxylation is 7. The molecule has 0 atom stereocenters. The van der Waals surface area contributed by atoms with E-state index in [0.29, 0.717) is 0 Å². The summed E-state index contributed by atoms with van der Waals surface area (Å²) in [5.74, 6) is 0.669. The summed E-state index contributed by atoms with van der Waals surface area (Å²) in [5.41, 5.74) is 26.7. The van der Waals surface area contributed by atoms with Gasteiger partial charge in [-0.15, -0.1) is 166 Å². The molecule has 13 aromatic carbocycles. The van der Waals surface area contributed by atoms with Crippen LogP contribution in [0.4, 0.5) is 0 Å². The summed E-state index contributed by atoms with van der Waals surface area (Å²) >= 11 is 0. The van der Waals surface area contributed by atoms with Crippen LogP contribution in [-0.2, 0) is 120 Å². The van der Waals surface area contributed by atoms with Gasteiger partial charge in [0.2, 0.25) is 0 Å². The van der Waals surface area contributed by atoms with Gasteiger partial charge in [0, 0.05) is 153 Å². The van der Waals surface area contributed by atoms with Crippen molar-refractivity contribution in [3.63, 3.8) is 0 Å². The van der Waals surface area contributed by atoms with Crippen molar-refractivity contribution >= 4 is 105 Å². The number of imidazole rings is 2. The number of ketones is 4. The van der Waals surface area contributed by atoms with E-state index in [-0.39, 0.29) is 147 Å². The summed E-state index contributed by atoms with van der Waals surface area (Å²) < 4.78 is 4.48. The fraction of sp³-hybridized carbons (Fsp3) is 0.129. The summed E-state index contributed by atoms with van der Waals surface area (Å²) in [6.07, 6.45) is 6.67. The van der Waals surface area contributed by atoms with E-state index in [9.17, 15) is 19.2 Å². The number of hydrogen-bond donors (Lipinski definition) is 4. The van der Waals surface area contributed by atoms with E-state index in [1.807, 2.05) is 134 Å². The molecule has 136 heavy (non-hydrogen) atoms. The molecule has 6 aromatic heterocycles. The van der Waals surface area contributed by atoms with E-state index in [0.717, 1.165) is 95.2 Å². The smallest absolute Gasteiger partial charge is 0.155 e. The maximum Gasteiger partial charge on any atom is 0.155 e. The van der Waals surface area contributed by atoms with Crippen LogP contribution in [0, 0.1) is 78.8 Å². The Morgan fingerprint density at radius 2 is 0.824 bits per heavy atom. The third kappa shape index (κ3) is 31.3. The number of para-hydroxylation sites is 5. The van der Waals surface area contributed by atoms with Crippen LogP contribution < -0.4 is 0 Å². The minimum absolute atomic E-state index is 0. The number of aliphatic hydroxyl groups is 4. The molecule has 5 radical (unpaired) electrons. The van der Waals surface area contributed by atoms with Gasteiger partial charge in [0.05, 0.1) is 67.8 Å². The molecule has 701 valence electrons. The van der Waals surface area contributed by atoms with Crippen LogP contribution in [0.15, 0.2) is 357 Å². The van der Waals surface area contributed by atoms with Crippen molar-refractivity contribution < 1.29 is 140 Å². The Balaban J connectivity index is 0.000000243. The molecule has 0 fully saturated rings. The topological polar surface area (TPSA) is 223 Å². The van der Waals surface area contributed by atoms with Gasteiger partial charge in [0.1, 0.15) is 0 Å². The molecule has 0 amide bonds.